The average Bonchev–Trinajstić information content (AvgIpc) is 3.07. The molecule has 0 aliphatic rings. The van der Waals surface area contributed by atoms with E-state index in [9.17, 15) is 14.0 Å². The molecule has 5 heteroatoms. The summed E-state index contributed by atoms with van der Waals surface area (Å²) in [7, 11) is 0. The molecule has 138 valence electrons. The Bertz CT molecular complexity index is 1190. The summed E-state index contributed by atoms with van der Waals surface area (Å²) in [5.41, 5.74) is 3.79. The molecule has 0 fully saturated rings. The number of pyridine rings is 1. The van der Waals surface area contributed by atoms with Crippen molar-refractivity contribution in [3.05, 3.63) is 96.1 Å². The van der Waals surface area contributed by atoms with Crippen LogP contribution in [0.5, 0.6) is 0 Å². The van der Waals surface area contributed by atoms with E-state index in [-0.39, 0.29) is 11.5 Å². The maximum atomic E-state index is 13.3. The summed E-state index contributed by atoms with van der Waals surface area (Å²) in [5.74, 6) is -1.75. The number of Topliss-reactive ketones (excluding diaryl/α,β-unsaturated/α-hetero) is 1. The first-order valence-electron chi connectivity index (χ1n) is 8.81. The number of anilines is 1. The second-order valence-electron chi connectivity index (χ2n) is 6.56. The van der Waals surface area contributed by atoms with E-state index in [2.05, 4.69) is 5.32 Å². The van der Waals surface area contributed by atoms with Gasteiger partial charge in [0.1, 0.15) is 11.5 Å². The van der Waals surface area contributed by atoms with Crippen LogP contribution in [0.2, 0.25) is 0 Å². The zero-order valence-corrected chi connectivity index (χ0v) is 15.1. The smallest absolute Gasteiger partial charge is 0.298 e. The van der Waals surface area contributed by atoms with E-state index in [0.29, 0.717) is 16.8 Å². The molecular formula is C23H17FN2O2. The SMILES string of the molecule is Cc1cccc(NC(=O)C(=O)c2c(-c3ccc(F)cc3)cc3ccccn23)c1. The molecule has 0 bridgehead atoms. The van der Waals surface area contributed by atoms with Gasteiger partial charge in [-0.1, -0.05) is 30.3 Å². The average molecular weight is 372 g/mol. The molecule has 0 spiro atoms. The third kappa shape index (κ3) is 3.30. The van der Waals surface area contributed by atoms with E-state index in [1.165, 1.54) is 12.1 Å². The van der Waals surface area contributed by atoms with Crippen molar-refractivity contribution < 1.29 is 14.0 Å². The van der Waals surface area contributed by atoms with Gasteiger partial charge in [0.2, 0.25) is 0 Å². The second kappa shape index (κ2) is 7.12. The van der Waals surface area contributed by atoms with Crippen LogP contribution in [-0.4, -0.2) is 16.1 Å². The van der Waals surface area contributed by atoms with E-state index >= 15 is 0 Å². The minimum absolute atomic E-state index is 0.243. The highest BCUT2D eigenvalue weighted by Gasteiger charge is 2.24. The molecule has 28 heavy (non-hydrogen) atoms. The number of fused-ring (bicyclic) bond motifs is 1. The van der Waals surface area contributed by atoms with Gasteiger partial charge < -0.3 is 9.72 Å². The number of ketones is 1. The van der Waals surface area contributed by atoms with Crippen molar-refractivity contribution in [1.82, 2.24) is 4.40 Å². The minimum Gasteiger partial charge on any atom is -0.319 e. The van der Waals surface area contributed by atoms with Gasteiger partial charge in [0.25, 0.3) is 11.7 Å². The Morgan fingerprint density at radius 2 is 1.71 bits per heavy atom. The maximum absolute atomic E-state index is 13.3. The highest BCUT2D eigenvalue weighted by atomic mass is 19.1. The first kappa shape index (κ1) is 17.7. The normalized spacial score (nSPS) is 10.8. The van der Waals surface area contributed by atoms with Crippen LogP contribution in [0.1, 0.15) is 16.1 Å². The van der Waals surface area contributed by atoms with Crippen LogP contribution in [0.25, 0.3) is 16.6 Å². The third-order valence-electron chi connectivity index (χ3n) is 4.53. The number of carbonyl (C=O) groups excluding carboxylic acids is 2. The van der Waals surface area contributed by atoms with Crippen molar-refractivity contribution in [2.45, 2.75) is 6.92 Å². The van der Waals surface area contributed by atoms with Gasteiger partial charge in [-0.05, 0) is 60.5 Å². The molecule has 2 aromatic carbocycles. The van der Waals surface area contributed by atoms with Crippen LogP contribution in [0.4, 0.5) is 10.1 Å². The number of hydrogen-bond donors (Lipinski definition) is 1. The quantitative estimate of drug-likeness (QED) is 0.410. The molecule has 4 aromatic rings. The second-order valence-corrected chi connectivity index (χ2v) is 6.56. The number of hydrogen-bond acceptors (Lipinski definition) is 2. The molecule has 2 heterocycles. The van der Waals surface area contributed by atoms with E-state index in [4.69, 9.17) is 0 Å². The van der Waals surface area contributed by atoms with Gasteiger partial charge in [0.15, 0.2) is 0 Å². The van der Waals surface area contributed by atoms with Gasteiger partial charge in [0.05, 0.1) is 0 Å². The van der Waals surface area contributed by atoms with Crippen molar-refractivity contribution in [2.75, 3.05) is 5.32 Å². The Kier molecular flexibility index (Phi) is 4.49. The predicted molar refractivity (Wildman–Crippen MR) is 107 cm³/mol. The number of aromatic nitrogens is 1. The lowest BCUT2D eigenvalue weighted by atomic mass is 10.0. The molecule has 0 atom stereocenters. The van der Waals surface area contributed by atoms with Crippen molar-refractivity contribution in [3.63, 3.8) is 0 Å². The van der Waals surface area contributed by atoms with Crippen molar-refractivity contribution in [3.8, 4) is 11.1 Å². The van der Waals surface area contributed by atoms with Crippen LogP contribution >= 0.6 is 0 Å². The van der Waals surface area contributed by atoms with Gasteiger partial charge in [-0.15, -0.1) is 0 Å². The van der Waals surface area contributed by atoms with Crippen molar-refractivity contribution in [1.29, 1.82) is 0 Å². The Morgan fingerprint density at radius 3 is 2.46 bits per heavy atom. The molecule has 1 N–H and O–H groups in total. The first-order chi connectivity index (χ1) is 13.5. The third-order valence-corrected chi connectivity index (χ3v) is 4.53. The number of nitrogens with one attached hydrogen (secondary N) is 1. The van der Waals surface area contributed by atoms with Gasteiger partial charge >= 0.3 is 0 Å². The fraction of sp³-hybridized carbons (Fsp3) is 0.0435. The van der Waals surface area contributed by atoms with Gasteiger partial charge in [0, 0.05) is 23.0 Å². The van der Waals surface area contributed by atoms with E-state index in [1.807, 2.05) is 37.3 Å². The number of halogens is 1. The summed E-state index contributed by atoms with van der Waals surface area (Å²) in [6, 6.07) is 20.4. The molecule has 0 saturated heterocycles. The van der Waals surface area contributed by atoms with Crippen LogP contribution in [0.3, 0.4) is 0 Å². The molecule has 0 aliphatic heterocycles. The summed E-state index contributed by atoms with van der Waals surface area (Å²) in [6.07, 6.45) is 1.73. The Balaban J connectivity index is 1.78. The number of amides is 1. The van der Waals surface area contributed by atoms with Crippen LogP contribution < -0.4 is 5.32 Å². The highest BCUT2D eigenvalue weighted by Crippen LogP contribution is 2.29. The molecule has 0 saturated carbocycles. The van der Waals surface area contributed by atoms with E-state index in [0.717, 1.165) is 11.1 Å². The monoisotopic (exact) mass is 372 g/mol. The number of nitrogens with zero attached hydrogens (tertiary/aromatic N) is 1. The summed E-state index contributed by atoms with van der Waals surface area (Å²) in [5, 5.41) is 2.66. The van der Waals surface area contributed by atoms with E-state index < -0.39 is 11.7 Å². The summed E-state index contributed by atoms with van der Waals surface area (Å²) >= 11 is 0. The molecule has 2 aromatic heterocycles. The molecule has 0 unspecified atom stereocenters. The largest absolute Gasteiger partial charge is 0.319 e. The van der Waals surface area contributed by atoms with Crippen molar-refractivity contribution >= 4 is 22.9 Å². The first-order valence-corrected chi connectivity index (χ1v) is 8.81. The number of carbonyl (C=O) groups is 2. The fourth-order valence-corrected chi connectivity index (χ4v) is 3.22. The lowest BCUT2D eigenvalue weighted by Crippen LogP contribution is -2.24. The number of rotatable bonds is 4. The van der Waals surface area contributed by atoms with Crippen molar-refractivity contribution in [2.24, 2.45) is 0 Å². The molecule has 4 rings (SSSR count). The minimum atomic E-state index is -0.724. The maximum Gasteiger partial charge on any atom is 0.298 e. The molecule has 0 aliphatic carbocycles. The fourth-order valence-electron chi connectivity index (χ4n) is 3.22. The summed E-state index contributed by atoms with van der Waals surface area (Å²) in [6.45, 7) is 1.91. The zero-order valence-electron chi connectivity index (χ0n) is 15.1. The van der Waals surface area contributed by atoms with Gasteiger partial charge in [-0.3, -0.25) is 9.59 Å². The topological polar surface area (TPSA) is 50.6 Å². The van der Waals surface area contributed by atoms with Crippen LogP contribution in [0.15, 0.2) is 79.0 Å². The van der Waals surface area contributed by atoms with Gasteiger partial charge in [-0.25, -0.2) is 4.39 Å². The highest BCUT2D eigenvalue weighted by molar-refractivity contribution is 6.47. The van der Waals surface area contributed by atoms with Crippen LogP contribution in [-0.2, 0) is 4.79 Å². The molecule has 1 amide bonds. The Morgan fingerprint density at radius 1 is 0.929 bits per heavy atom. The summed E-state index contributed by atoms with van der Waals surface area (Å²) in [4.78, 5) is 25.7. The summed E-state index contributed by atoms with van der Waals surface area (Å²) < 4.78 is 15.0. The predicted octanol–water partition coefficient (Wildman–Crippen LogP) is 4.88. The van der Waals surface area contributed by atoms with Gasteiger partial charge in [-0.2, -0.15) is 0 Å². The Hall–Kier alpha value is -3.73. The standard InChI is InChI=1S/C23H17FN2O2/c1-15-5-4-6-18(13-15)25-23(28)22(27)21-20(16-8-10-17(24)11-9-16)14-19-7-2-3-12-26(19)21/h2-14H,1H3,(H,25,28). The number of aryl methyl sites for hydroxylation is 1. The lowest BCUT2D eigenvalue weighted by Gasteiger charge is -2.08. The molecule has 0 radical (unpaired) electrons. The molecular weight excluding hydrogens is 355 g/mol. The lowest BCUT2D eigenvalue weighted by molar-refractivity contribution is -0.112. The Labute approximate surface area is 161 Å². The van der Waals surface area contributed by atoms with Crippen LogP contribution in [0, 0.1) is 12.7 Å². The molecule has 4 nitrogen and oxygen atoms in total. The number of benzene rings is 2. The zero-order chi connectivity index (χ0) is 19.7. The van der Waals surface area contributed by atoms with E-state index in [1.54, 1.807) is 40.9 Å².